The van der Waals surface area contributed by atoms with Crippen molar-refractivity contribution in [3.63, 3.8) is 0 Å². The van der Waals surface area contributed by atoms with Gasteiger partial charge in [-0.1, -0.05) is 0 Å². The molecule has 20 heavy (non-hydrogen) atoms. The van der Waals surface area contributed by atoms with Gasteiger partial charge in [0.2, 0.25) is 5.95 Å². The number of nitrogens with zero attached hydrogens (tertiary/aromatic N) is 3. The van der Waals surface area contributed by atoms with E-state index in [0.717, 1.165) is 51.2 Å². The number of ether oxygens (including phenoxy) is 1. The first-order chi connectivity index (χ1) is 9.78. The summed E-state index contributed by atoms with van der Waals surface area (Å²) >= 11 is 0. The first kappa shape index (κ1) is 14.7. The van der Waals surface area contributed by atoms with Crippen LogP contribution in [-0.4, -0.2) is 42.3 Å². The number of aryl methyl sites for hydroxylation is 1. The molecule has 6 heteroatoms. The van der Waals surface area contributed by atoms with Crippen LogP contribution in [-0.2, 0) is 4.74 Å². The van der Waals surface area contributed by atoms with Crippen molar-refractivity contribution >= 4 is 5.95 Å². The zero-order chi connectivity index (χ0) is 14.2. The standard InChI is InChI=1S/C14H21N5O/c1-11-9-12(10-15)19-14(18-11)17-5-2-8-20-13-3-6-16-7-4-13/h9,13,16H,2-8H2,1H3,(H,17,18,19). The number of nitriles is 1. The first-order valence-corrected chi connectivity index (χ1v) is 7.10. The molecule has 2 heterocycles. The van der Waals surface area contributed by atoms with Crippen LogP contribution in [0.5, 0.6) is 0 Å². The maximum absolute atomic E-state index is 8.85. The van der Waals surface area contributed by atoms with Crippen molar-refractivity contribution in [2.45, 2.75) is 32.3 Å². The Hall–Kier alpha value is -1.71. The molecule has 1 saturated heterocycles. The van der Waals surface area contributed by atoms with E-state index in [1.807, 2.05) is 13.0 Å². The minimum absolute atomic E-state index is 0.394. The second-order valence-corrected chi connectivity index (χ2v) is 4.93. The average molecular weight is 275 g/mol. The van der Waals surface area contributed by atoms with Gasteiger partial charge in [0.05, 0.1) is 6.10 Å². The third-order valence-corrected chi connectivity index (χ3v) is 3.21. The van der Waals surface area contributed by atoms with E-state index in [4.69, 9.17) is 10.00 Å². The van der Waals surface area contributed by atoms with Gasteiger partial charge < -0.3 is 15.4 Å². The normalized spacial score (nSPS) is 15.8. The molecule has 1 aliphatic rings. The van der Waals surface area contributed by atoms with Crippen molar-refractivity contribution in [1.29, 1.82) is 5.26 Å². The van der Waals surface area contributed by atoms with E-state index >= 15 is 0 Å². The summed E-state index contributed by atoms with van der Waals surface area (Å²) in [5.74, 6) is 0.517. The van der Waals surface area contributed by atoms with Crippen LogP contribution in [0, 0.1) is 18.3 Å². The maximum Gasteiger partial charge on any atom is 0.224 e. The van der Waals surface area contributed by atoms with Crippen molar-refractivity contribution in [3.05, 3.63) is 17.5 Å². The second kappa shape index (κ2) is 7.78. The molecule has 1 aromatic rings. The number of anilines is 1. The number of rotatable bonds is 6. The number of piperidine rings is 1. The van der Waals surface area contributed by atoms with Crippen molar-refractivity contribution in [2.24, 2.45) is 0 Å². The second-order valence-electron chi connectivity index (χ2n) is 4.93. The summed E-state index contributed by atoms with van der Waals surface area (Å²) in [5, 5.41) is 15.3. The zero-order valence-corrected chi connectivity index (χ0v) is 11.9. The van der Waals surface area contributed by atoms with Crippen LogP contribution in [0.15, 0.2) is 6.07 Å². The van der Waals surface area contributed by atoms with Gasteiger partial charge >= 0.3 is 0 Å². The highest BCUT2D eigenvalue weighted by atomic mass is 16.5. The Kier molecular flexibility index (Phi) is 5.71. The summed E-state index contributed by atoms with van der Waals surface area (Å²) in [6, 6.07) is 3.70. The SMILES string of the molecule is Cc1cc(C#N)nc(NCCCOC2CCNCC2)n1. The predicted octanol–water partition coefficient (Wildman–Crippen LogP) is 1.23. The quantitative estimate of drug-likeness (QED) is 0.760. The molecule has 1 aliphatic heterocycles. The van der Waals surface area contributed by atoms with Gasteiger partial charge in [-0.2, -0.15) is 5.26 Å². The Balaban J connectivity index is 1.65. The lowest BCUT2D eigenvalue weighted by Crippen LogP contribution is -2.32. The largest absolute Gasteiger partial charge is 0.378 e. The van der Waals surface area contributed by atoms with Gasteiger partial charge in [0.25, 0.3) is 0 Å². The lowest BCUT2D eigenvalue weighted by atomic mass is 10.1. The van der Waals surface area contributed by atoms with Gasteiger partial charge in [-0.15, -0.1) is 0 Å². The molecule has 0 saturated carbocycles. The lowest BCUT2D eigenvalue weighted by molar-refractivity contribution is 0.0329. The fourth-order valence-electron chi connectivity index (χ4n) is 2.19. The van der Waals surface area contributed by atoms with Crippen LogP contribution in [0.4, 0.5) is 5.95 Å². The molecule has 0 radical (unpaired) electrons. The molecule has 0 unspecified atom stereocenters. The molecular weight excluding hydrogens is 254 g/mol. The number of hydrogen-bond donors (Lipinski definition) is 2. The summed E-state index contributed by atoms with van der Waals surface area (Å²) in [4.78, 5) is 8.35. The predicted molar refractivity (Wildman–Crippen MR) is 76.4 cm³/mol. The topological polar surface area (TPSA) is 82.9 Å². The van der Waals surface area contributed by atoms with Gasteiger partial charge in [0.15, 0.2) is 0 Å². The third-order valence-electron chi connectivity index (χ3n) is 3.21. The minimum atomic E-state index is 0.394. The summed E-state index contributed by atoms with van der Waals surface area (Å²) in [5.41, 5.74) is 1.19. The van der Waals surface area contributed by atoms with E-state index in [1.54, 1.807) is 6.07 Å². The summed E-state index contributed by atoms with van der Waals surface area (Å²) in [7, 11) is 0. The highest BCUT2D eigenvalue weighted by Gasteiger charge is 2.12. The molecule has 6 nitrogen and oxygen atoms in total. The van der Waals surface area contributed by atoms with Crippen molar-refractivity contribution < 1.29 is 4.74 Å². The monoisotopic (exact) mass is 275 g/mol. The van der Waals surface area contributed by atoms with E-state index in [-0.39, 0.29) is 0 Å². The van der Waals surface area contributed by atoms with Crippen LogP contribution >= 0.6 is 0 Å². The number of hydrogen-bond acceptors (Lipinski definition) is 6. The molecule has 1 fully saturated rings. The van der Waals surface area contributed by atoms with Crippen molar-refractivity contribution in [2.75, 3.05) is 31.6 Å². The van der Waals surface area contributed by atoms with Gasteiger partial charge in [-0.3, -0.25) is 0 Å². The van der Waals surface area contributed by atoms with Gasteiger partial charge in [0, 0.05) is 18.8 Å². The fraction of sp³-hybridized carbons (Fsp3) is 0.643. The van der Waals surface area contributed by atoms with Crippen LogP contribution in [0.2, 0.25) is 0 Å². The molecule has 0 amide bonds. The number of aromatic nitrogens is 2. The number of nitrogens with one attached hydrogen (secondary N) is 2. The smallest absolute Gasteiger partial charge is 0.224 e. The summed E-state index contributed by atoms with van der Waals surface area (Å²) in [6.07, 6.45) is 3.50. The molecule has 0 aromatic carbocycles. The van der Waals surface area contributed by atoms with Gasteiger partial charge in [0.1, 0.15) is 11.8 Å². The lowest BCUT2D eigenvalue weighted by Gasteiger charge is -2.22. The Morgan fingerprint density at radius 1 is 1.45 bits per heavy atom. The molecule has 0 spiro atoms. The van der Waals surface area contributed by atoms with E-state index in [9.17, 15) is 0 Å². The molecule has 0 atom stereocenters. The first-order valence-electron chi connectivity index (χ1n) is 7.10. The highest BCUT2D eigenvalue weighted by molar-refractivity contribution is 5.32. The van der Waals surface area contributed by atoms with Crippen molar-refractivity contribution in [1.82, 2.24) is 15.3 Å². The van der Waals surface area contributed by atoms with Gasteiger partial charge in [-0.25, -0.2) is 9.97 Å². The zero-order valence-electron chi connectivity index (χ0n) is 11.9. The van der Waals surface area contributed by atoms with Crippen molar-refractivity contribution in [3.8, 4) is 6.07 Å². The van der Waals surface area contributed by atoms with Crippen LogP contribution < -0.4 is 10.6 Å². The Labute approximate surface area is 119 Å². The average Bonchev–Trinajstić information content (AvgIpc) is 2.47. The Bertz CT molecular complexity index is 465. The molecular formula is C14H21N5O. The third kappa shape index (κ3) is 4.76. The summed E-state index contributed by atoms with van der Waals surface area (Å²) < 4.78 is 5.82. The molecule has 0 bridgehead atoms. The molecule has 1 aromatic heterocycles. The molecule has 2 N–H and O–H groups in total. The van der Waals surface area contributed by atoms with E-state index in [2.05, 4.69) is 20.6 Å². The summed E-state index contributed by atoms with van der Waals surface area (Å²) in [6.45, 7) is 5.45. The fourth-order valence-corrected chi connectivity index (χ4v) is 2.19. The highest BCUT2D eigenvalue weighted by Crippen LogP contribution is 2.08. The van der Waals surface area contributed by atoms with Crippen LogP contribution in [0.1, 0.15) is 30.7 Å². The molecule has 2 rings (SSSR count). The minimum Gasteiger partial charge on any atom is -0.378 e. The maximum atomic E-state index is 8.85. The van der Waals surface area contributed by atoms with Crippen LogP contribution in [0.3, 0.4) is 0 Å². The molecule has 0 aliphatic carbocycles. The van der Waals surface area contributed by atoms with Crippen LogP contribution in [0.25, 0.3) is 0 Å². The van der Waals surface area contributed by atoms with Gasteiger partial charge in [-0.05, 0) is 45.3 Å². The van der Waals surface area contributed by atoms with E-state index in [0.29, 0.717) is 17.7 Å². The Morgan fingerprint density at radius 3 is 3.00 bits per heavy atom. The molecule has 108 valence electrons. The Morgan fingerprint density at radius 2 is 2.25 bits per heavy atom. The van der Waals surface area contributed by atoms with E-state index < -0.39 is 0 Å². The van der Waals surface area contributed by atoms with E-state index in [1.165, 1.54) is 0 Å².